The summed E-state index contributed by atoms with van der Waals surface area (Å²) < 4.78 is 0. The first-order valence-corrected chi connectivity index (χ1v) is 8.34. The van der Waals surface area contributed by atoms with Crippen LogP contribution in [0.2, 0.25) is 0 Å². The van der Waals surface area contributed by atoms with E-state index in [2.05, 4.69) is 11.8 Å². The summed E-state index contributed by atoms with van der Waals surface area (Å²) in [5, 5.41) is 0. The molecule has 4 nitrogen and oxygen atoms in total. The van der Waals surface area contributed by atoms with Gasteiger partial charge in [-0.15, -0.1) is 0 Å². The third-order valence-electron chi connectivity index (χ3n) is 5.28. The van der Waals surface area contributed by atoms with E-state index in [0.29, 0.717) is 19.1 Å². The average molecular weight is 281 g/mol. The molecule has 0 heterocycles. The van der Waals surface area contributed by atoms with Gasteiger partial charge in [0.05, 0.1) is 6.54 Å². The second-order valence-corrected chi connectivity index (χ2v) is 6.59. The lowest BCUT2D eigenvalue weighted by Crippen LogP contribution is -2.56. The van der Waals surface area contributed by atoms with Crippen molar-refractivity contribution in [2.24, 2.45) is 5.73 Å². The number of amides is 1. The molecule has 2 aliphatic rings. The molecule has 2 rings (SSSR count). The Hall–Kier alpha value is -0.610. The van der Waals surface area contributed by atoms with Gasteiger partial charge in [-0.1, -0.05) is 32.6 Å². The van der Waals surface area contributed by atoms with Crippen LogP contribution in [0.25, 0.3) is 0 Å². The van der Waals surface area contributed by atoms with Crippen LogP contribution in [0, 0.1) is 0 Å². The Bertz CT molecular complexity index is 320. The molecule has 0 spiro atoms. The molecule has 2 aliphatic carbocycles. The van der Waals surface area contributed by atoms with Gasteiger partial charge >= 0.3 is 0 Å². The van der Waals surface area contributed by atoms with Gasteiger partial charge in [0.2, 0.25) is 5.91 Å². The van der Waals surface area contributed by atoms with Gasteiger partial charge in [0.15, 0.2) is 0 Å². The van der Waals surface area contributed by atoms with Crippen LogP contribution in [0.1, 0.15) is 58.3 Å². The van der Waals surface area contributed by atoms with Gasteiger partial charge in [-0.25, -0.2) is 0 Å². The molecule has 0 aromatic rings. The summed E-state index contributed by atoms with van der Waals surface area (Å²) in [5.41, 5.74) is 6.20. The molecule has 20 heavy (non-hydrogen) atoms. The summed E-state index contributed by atoms with van der Waals surface area (Å²) >= 11 is 0. The standard InChI is InChI=1S/C16H31N3O/c1-3-19(12-15(20)18(2)14-8-9-14)16(13-17)10-6-4-5-7-11-16/h14H,3-13,17H2,1-2H3. The smallest absolute Gasteiger partial charge is 0.236 e. The van der Waals surface area contributed by atoms with Gasteiger partial charge in [0, 0.05) is 25.2 Å². The molecule has 0 aliphatic heterocycles. The van der Waals surface area contributed by atoms with E-state index in [9.17, 15) is 4.79 Å². The number of carbonyl (C=O) groups excluding carboxylic acids is 1. The van der Waals surface area contributed by atoms with E-state index < -0.39 is 0 Å². The molecule has 2 saturated carbocycles. The Kier molecular flexibility index (Phi) is 5.44. The van der Waals surface area contributed by atoms with Crippen LogP contribution in [0.5, 0.6) is 0 Å². The molecule has 2 fully saturated rings. The molecular weight excluding hydrogens is 250 g/mol. The van der Waals surface area contributed by atoms with Crippen LogP contribution in [-0.4, -0.2) is 54.0 Å². The Morgan fingerprint density at radius 3 is 2.25 bits per heavy atom. The van der Waals surface area contributed by atoms with Crippen molar-refractivity contribution in [1.29, 1.82) is 0 Å². The predicted octanol–water partition coefficient (Wildman–Crippen LogP) is 1.98. The van der Waals surface area contributed by atoms with Gasteiger partial charge < -0.3 is 10.6 Å². The second kappa shape index (κ2) is 6.90. The maximum absolute atomic E-state index is 12.4. The third-order valence-corrected chi connectivity index (χ3v) is 5.28. The van der Waals surface area contributed by atoms with Gasteiger partial charge in [0.1, 0.15) is 0 Å². The molecule has 0 aromatic carbocycles. The van der Waals surface area contributed by atoms with E-state index in [1.165, 1.54) is 38.5 Å². The normalized spacial score (nSPS) is 22.6. The number of nitrogens with zero attached hydrogens (tertiary/aromatic N) is 2. The molecule has 2 N–H and O–H groups in total. The van der Waals surface area contributed by atoms with Crippen LogP contribution in [0.15, 0.2) is 0 Å². The maximum Gasteiger partial charge on any atom is 0.236 e. The van der Waals surface area contributed by atoms with Crippen molar-refractivity contribution in [3.05, 3.63) is 0 Å². The largest absolute Gasteiger partial charge is 0.342 e. The lowest BCUT2D eigenvalue weighted by molar-refractivity contribution is -0.133. The Balaban J connectivity index is 2.01. The molecule has 0 unspecified atom stereocenters. The summed E-state index contributed by atoms with van der Waals surface area (Å²) in [5.74, 6) is 0.270. The highest BCUT2D eigenvalue weighted by molar-refractivity contribution is 5.78. The SMILES string of the molecule is CCN(CC(=O)N(C)C1CC1)C1(CN)CCCCCC1. The summed E-state index contributed by atoms with van der Waals surface area (Å²) in [6.07, 6.45) is 9.79. The zero-order chi connectivity index (χ0) is 14.6. The number of nitrogens with two attached hydrogens (primary N) is 1. The predicted molar refractivity (Wildman–Crippen MR) is 82.5 cm³/mol. The average Bonchev–Trinajstić information content (AvgIpc) is 3.29. The first kappa shape index (κ1) is 15.8. The van der Waals surface area contributed by atoms with E-state index in [4.69, 9.17) is 5.73 Å². The second-order valence-electron chi connectivity index (χ2n) is 6.59. The quantitative estimate of drug-likeness (QED) is 0.757. The molecule has 0 aromatic heterocycles. The van der Waals surface area contributed by atoms with Crippen molar-refractivity contribution in [3.63, 3.8) is 0 Å². The first-order valence-electron chi connectivity index (χ1n) is 8.34. The van der Waals surface area contributed by atoms with Crippen LogP contribution in [-0.2, 0) is 4.79 Å². The van der Waals surface area contributed by atoms with Crippen LogP contribution < -0.4 is 5.73 Å². The highest BCUT2D eigenvalue weighted by atomic mass is 16.2. The number of carbonyl (C=O) groups is 1. The molecule has 1 amide bonds. The maximum atomic E-state index is 12.4. The minimum absolute atomic E-state index is 0.0608. The van der Waals surface area contributed by atoms with Crippen molar-refractivity contribution in [2.45, 2.75) is 69.9 Å². The molecule has 0 bridgehead atoms. The highest BCUT2D eigenvalue weighted by Gasteiger charge is 2.37. The van der Waals surface area contributed by atoms with Crippen LogP contribution >= 0.6 is 0 Å². The van der Waals surface area contributed by atoms with E-state index in [1.54, 1.807) is 0 Å². The topological polar surface area (TPSA) is 49.6 Å². The number of hydrogen-bond donors (Lipinski definition) is 1. The Morgan fingerprint density at radius 1 is 1.20 bits per heavy atom. The highest BCUT2D eigenvalue weighted by Crippen LogP contribution is 2.32. The van der Waals surface area contributed by atoms with E-state index >= 15 is 0 Å². The van der Waals surface area contributed by atoms with Gasteiger partial charge in [-0.05, 0) is 32.2 Å². The van der Waals surface area contributed by atoms with E-state index in [1.807, 2.05) is 11.9 Å². The summed E-state index contributed by atoms with van der Waals surface area (Å²) in [6.45, 7) is 4.30. The Labute approximate surface area is 123 Å². The van der Waals surface area contributed by atoms with E-state index in [0.717, 1.165) is 19.4 Å². The van der Waals surface area contributed by atoms with Gasteiger partial charge in [0.25, 0.3) is 0 Å². The molecule has 0 radical (unpaired) electrons. The first-order chi connectivity index (χ1) is 9.63. The molecule has 116 valence electrons. The van der Waals surface area contributed by atoms with Crippen molar-refractivity contribution >= 4 is 5.91 Å². The summed E-state index contributed by atoms with van der Waals surface area (Å²) in [6, 6.07) is 0.504. The fourth-order valence-corrected chi connectivity index (χ4v) is 3.59. The fraction of sp³-hybridized carbons (Fsp3) is 0.938. The summed E-state index contributed by atoms with van der Waals surface area (Å²) in [4.78, 5) is 16.7. The third kappa shape index (κ3) is 3.53. The molecule has 4 heteroatoms. The minimum atomic E-state index is 0.0608. The van der Waals surface area contributed by atoms with Crippen molar-refractivity contribution < 1.29 is 4.79 Å². The Morgan fingerprint density at radius 2 is 1.80 bits per heavy atom. The summed E-state index contributed by atoms with van der Waals surface area (Å²) in [7, 11) is 1.95. The fourth-order valence-electron chi connectivity index (χ4n) is 3.59. The monoisotopic (exact) mass is 281 g/mol. The zero-order valence-electron chi connectivity index (χ0n) is 13.2. The number of likely N-dealkylation sites (N-methyl/N-ethyl adjacent to an activating group) is 2. The van der Waals surface area contributed by atoms with Crippen molar-refractivity contribution in [2.75, 3.05) is 26.7 Å². The van der Waals surface area contributed by atoms with Crippen LogP contribution in [0.4, 0.5) is 0 Å². The van der Waals surface area contributed by atoms with Crippen molar-refractivity contribution in [1.82, 2.24) is 9.80 Å². The molecule has 0 atom stereocenters. The number of hydrogen-bond acceptors (Lipinski definition) is 3. The number of rotatable bonds is 6. The zero-order valence-corrected chi connectivity index (χ0v) is 13.2. The molecule has 0 saturated heterocycles. The van der Waals surface area contributed by atoms with Crippen molar-refractivity contribution in [3.8, 4) is 0 Å². The van der Waals surface area contributed by atoms with Gasteiger partial charge in [-0.2, -0.15) is 0 Å². The lowest BCUT2D eigenvalue weighted by Gasteiger charge is -2.43. The van der Waals surface area contributed by atoms with E-state index in [-0.39, 0.29) is 11.4 Å². The lowest BCUT2D eigenvalue weighted by atomic mass is 9.88. The van der Waals surface area contributed by atoms with Crippen LogP contribution in [0.3, 0.4) is 0 Å². The van der Waals surface area contributed by atoms with Gasteiger partial charge in [-0.3, -0.25) is 9.69 Å². The molecular formula is C16H31N3O. The minimum Gasteiger partial charge on any atom is -0.342 e.